The predicted octanol–water partition coefficient (Wildman–Crippen LogP) is 5.88. The lowest BCUT2D eigenvalue weighted by Gasteiger charge is -2.42. The number of para-hydroxylation sites is 1. The Labute approximate surface area is 221 Å². The van der Waals surface area contributed by atoms with Crippen molar-refractivity contribution < 1.29 is 22.8 Å². The van der Waals surface area contributed by atoms with Gasteiger partial charge in [0.1, 0.15) is 5.69 Å². The number of rotatable bonds is 5. The summed E-state index contributed by atoms with van der Waals surface area (Å²) in [6, 6.07) is 16.6. The van der Waals surface area contributed by atoms with E-state index in [2.05, 4.69) is 15.3 Å². The number of piperidine rings is 1. The zero-order valence-electron chi connectivity index (χ0n) is 20.5. The van der Waals surface area contributed by atoms with Crippen molar-refractivity contribution in [3.05, 3.63) is 83.1 Å². The average Bonchev–Trinajstić information content (AvgIpc) is 3.32. The van der Waals surface area contributed by atoms with Gasteiger partial charge in [-0.25, -0.2) is 4.98 Å². The van der Waals surface area contributed by atoms with Crippen LogP contribution in [0.3, 0.4) is 0 Å². The molecule has 1 saturated heterocycles. The van der Waals surface area contributed by atoms with Crippen LogP contribution in [0.2, 0.25) is 0 Å². The molecule has 1 fully saturated rings. The monoisotopic (exact) mass is 538 g/mol. The zero-order chi connectivity index (χ0) is 26.9. The SMILES string of the molecule is Cc1nc(C(=O)N2CCC[C@H](C(F)(F)F)[C@@H]2CNC(=O)c2cccc3cccnc23)c(-c2ccccc2)s1. The van der Waals surface area contributed by atoms with E-state index >= 15 is 0 Å². The summed E-state index contributed by atoms with van der Waals surface area (Å²) in [5.41, 5.74) is 1.64. The van der Waals surface area contributed by atoms with Crippen LogP contribution >= 0.6 is 11.3 Å². The number of likely N-dealkylation sites (tertiary alicyclic amines) is 1. The van der Waals surface area contributed by atoms with Crippen LogP contribution in [0.25, 0.3) is 21.3 Å². The number of pyridine rings is 1. The molecular weight excluding hydrogens is 513 g/mol. The van der Waals surface area contributed by atoms with Gasteiger partial charge in [-0.15, -0.1) is 11.3 Å². The predicted molar refractivity (Wildman–Crippen MR) is 140 cm³/mol. The molecule has 196 valence electrons. The van der Waals surface area contributed by atoms with Gasteiger partial charge in [-0.3, -0.25) is 14.6 Å². The van der Waals surface area contributed by atoms with Crippen LogP contribution in [0, 0.1) is 12.8 Å². The number of carbonyl (C=O) groups excluding carboxylic acids is 2. The van der Waals surface area contributed by atoms with Crippen molar-refractivity contribution in [3.8, 4) is 10.4 Å². The van der Waals surface area contributed by atoms with Crippen LogP contribution in [-0.2, 0) is 0 Å². The van der Waals surface area contributed by atoms with Gasteiger partial charge >= 0.3 is 6.18 Å². The van der Waals surface area contributed by atoms with Crippen LogP contribution in [0.5, 0.6) is 0 Å². The number of alkyl halides is 3. The van der Waals surface area contributed by atoms with Gasteiger partial charge in [-0.1, -0.05) is 48.5 Å². The zero-order valence-corrected chi connectivity index (χ0v) is 21.4. The normalized spacial score (nSPS) is 17.9. The third kappa shape index (κ3) is 5.13. The van der Waals surface area contributed by atoms with E-state index in [1.165, 1.54) is 16.2 Å². The Balaban J connectivity index is 1.45. The summed E-state index contributed by atoms with van der Waals surface area (Å²) in [4.78, 5) is 37.4. The first-order valence-electron chi connectivity index (χ1n) is 12.3. The minimum absolute atomic E-state index is 0.120. The molecule has 0 saturated carbocycles. The number of hydrogen-bond donors (Lipinski definition) is 1. The average molecular weight is 539 g/mol. The first-order chi connectivity index (χ1) is 18.2. The maximum atomic E-state index is 14.2. The molecule has 3 heterocycles. The summed E-state index contributed by atoms with van der Waals surface area (Å²) in [5, 5.41) is 4.05. The van der Waals surface area contributed by atoms with Gasteiger partial charge in [0.2, 0.25) is 0 Å². The number of thiazole rings is 1. The fourth-order valence-corrected chi connectivity index (χ4v) is 5.93. The molecule has 1 N–H and O–H groups in total. The number of carbonyl (C=O) groups is 2. The Hall–Kier alpha value is -3.79. The second kappa shape index (κ2) is 10.5. The molecular formula is C28H25F3N4O2S. The van der Waals surface area contributed by atoms with Crippen molar-refractivity contribution in [2.45, 2.75) is 32.0 Å². The number of aryl methyl sites for hydroxylation is 1. The molecule has 0 unspecified atom stereocenters. The number of benzene rings is 2. The molecule has 38 heavy (non-hydrogen) atoms. The second-order valence-electron chi connectivity index (χ2n) is 9.22. The topological polar surface area (TPSA) is 75.2 Å². The minimum atomic E-state index is -4.53. The Bertz CT molecular complexity index is 1470. The molecule has 1 aliphatic heterocycles. The van der Waals surface area contributed by atoms with Crippen LogP contribution in [0.15, 0.2) is 66.9 Å². The summed E-state index contributed by atoms with van der Waals surface area (Å²) >= 11 is 1.33. The van der Waals surface area contributed by atoms with Gasteiger partial charge in [-0.2, -0.15) is 13.2 Å². The Morgan fingerprint density at radius 2 is 1.84 bits per heavy atom. The summed E-state index contributed by atoms with van der Waals surface area (Å²) < 4.78 is 42.5. The Morgan fingerprint density at radius 1 is 1.08 bits per heavy atom. The molecule has 0 spiro atoms. The van der Waals surface area contributed by atoms with Crippen molar-refractivity contribution >= 4 is 34.1 Å². The van der Waals surface area contributed by atoms with Gasteiger partial charge in [-0.05, 0) is 37.5 Å². The third-order valence-electron chi connectivity index (χ3n) is 6.78. The van der Waals surface area contributed by atoms with Gasteiger partial charge in [0.25, 0.3) is 11.8 Å². The summed E-state index contributed by atoms with van der Waals surface area (Å²) in [7, 11) is 0. The van der Waals surface area contributed by atoms with E-state index in [-0.39, 0.29) is 37.2 Å². The molecule has 10 heteroatoms. The van der Waals surface area contributed by atoms with Gasteiger partial charge in [0.15, 0.2) is 0 Å². The second-order valence-corrected chi connectivity index (χ2v) is 10.4. The maximum absolute atomic E-state index is 14.2. The van der Waals surface area contributed by atoms with Gasteiger partial charge in [0.05, 0.1) is 32.9 Å². The molecule has 0 aliphatic carbocycles. The fourth-order valence-electron chi connectivity index (χ4n) is 5.02. The lowest BCUT2D eigenvalue weighted by Crippen LogP contribution is -2.57. The number of hydrogen-bond acceptors (Lipinski definition) is 5. The van der Waals surface area contributed by atoms with E-state index in [1.54, 1.807) is 43.5 Å². The van der Waals surface area contributed by atoms with E-state index in [0.717, 1.165) is 10.9 Å². The first kappa shape index (κ1) is 25.8. The maximum Gasteiger partial charge on any atom is 0.393 e. The van der Waals surface area contributed by atoms with Crippen LogP contribution in [0.4, 0.5) is 13.2 Å². The van der Waals surface area contributed by atoms with E-state index in [9.17, 15) is 22.8 Å². The number of nitrogens with zero attached hydrogens (tertiary/aromatic N) is 3. The van der Waals surface area contributed by atoms with Crippen molar-refractivity contribution in [1.82, 2.24) is 20.2 Å². The lowest BCUT2D eigenvalue weighted by molar-refractivity contribution is -0.196. The molecule has 2 atom stereocenters. The highest BCUT2D eigenvalue weighted by molar-refractivity contribution is 7.15. The summed E-state index contributed by atoms with van der Waals surface area (Å²) in [5.74, 6) is -2.87. The molecule has 0 radical (unpaired) electrons. The van der Waals surface area contributed by atoms with Gasteiger partial charge < -0.3 is 10.2 Å². The van der Waals surface area contributed by atoms with Crippen molar-refractivity contribution in [1.29, 1.82) is 0 Å². The first-order valence-corrected chi connectivity index (χ1v) is 13.1. The van der Waals surface area contributed by atoms with E-state index in [0.29, 0.717) is 15.4 Å². The summed E-state index contributed by atoms with van der Waals surface area (Å²) in [6.07, 6.45) is -2.89. The molecule has 5 rings (SSSR count). The van der Waals surface area contributed by atoms with E-state index < -0.39 is 30.0 Å². The minimum Gasteiger partial charge on any atom is -0.350 e. The van der Waals surface area contributed by atoms with E-state index in [4.69, 9.17) is 0 Å². The van der Waals surface area contributed by atoms with Crippen LogP contribution < -0.4 is 5.32 Å². The van der Waals surface area contributed by atoms with Gasteiger partial charge in [0, 0.05) is 24.7 Å². The third-order valence-corrected chi connectivity index (χ3v) is 7.80. The standard InChI is InChI=1S/C28H25F3N4O2S/c1-17-34-24(25(38-17)19-8-3-2-4-9-19)27(37)35-15-7-13-21(28(29,30)31)22(35)16-33-26(36)20-12-5-10-18-11-6-14-32-23(18)20/h2-6,8-12,14,21-22H,7,13,15-16H2,1H3,(H,33,36)/t21-,22-/m0/s1. The van der Waals surface area contributed by atoms with Crippen LogP contribution in [-0.4, -0.2) is 52.0 Å². The number of nitrogens with one attached hydrogen (secondary N) is 1. The molecule has 2 aromatic heterocycles. The molecule has 6 nitrogen and oxygen atoms in total. The Morgan fingerprint density at radius 3 is 2.61 bits per heavy atom. The largest absolute Gasteiger partial charge is 0.393 e. The van der Waals surface area contributed by atoms with Crippen molar-refractivity contribution in [2.24, 2.45) is 5.92 Å². The smallest absolute Gasteiger partial charge is 0.350 e. The highest BCUT2D eigenvalue weighted by Crippen LogP contribution is 2.39. The van der Waals surface area contributed by atoms with Crippen molar-refractivity contribution in [3.63, 3.8) is 0 Å². The molecule has 1 aliphatic rings. The highest BCUT2D eigenvalue weighted by atomic mass is 32.1. The molecule has 4 aromatic rings. The van der Waals surface area contributed by atoms with E-state index in [1.807, 2.05) is 30.3 Å². The molecule has 0 bridgehead atoms. The van der Waals surface area contributed by atoms with Crippen molar-refractivity contribution in [2.75, 3.05) is 13.1 Å². The van der Waals surface area contributed by atoms with Crippen LogP contribution in [0.1, 0.15) is 38.7 Å². The molecule has 2 amide bonds. The fraction of sp³-hybridized carbons (Fsp3) is 0.286. The molecule has 2 aromatic carbocycles. The number of aromatic nitrogens is 2. The highest BCUT2D eigenvalue weighted by Gasteiger charge is 2.49. The Kier molecular flexibility index (Phi) is 7.16. The number of amides is 2. The summed E-state index contributed by atoms with van der Waals surface area (Å²) in [6.45, 7) is 1.56. The quantitative estimate of drug-likeness (QED) is 0.344. The lowest BCUT2D eigenvalue weighted by atomic mass is 9.87. The number of fused-ring (bicyclic) bond motifs is 1. The number of halogens is 3.